The molecular weight excluding hydrogens is 248 g/mol. The Balaban J connectivity index is 1.73. The van der Waals surface area contributed by atoms with E-state index in [2.05, 4.69) is 41.5 Å². The van der Waals surface area contributed by atoms with E-state index in [0.29, 0.717) is 0 Å². The van der Waals surface area contributed by atoms with Crippen molar-refractivity contribution < 1.29 is 4.74 Å². The Morgan fingerprint density at radius 1 is 1.15 bits per heavy atom. The van der Waals surface area contributed by atoms with Crippen molar-refractivity contribution in [1.82, 2.24) is 10.3 Å². The minimum Gasteiger partial charge on any atom is -0.493 e. The summed E-state index contributed by atoms with van der Waals surface area (Å²) in [4.78, 5) is 4.31. The fourth-order valence-corrected chi connectivity index (χ4v) is 2.01. The van der Waals surface area contributed by atoms with Gasteiger partial charge in [0.05, 0.1) is 12.3 Å². The van der Waals surface area contributed by atoms with Gasteiger partial charge in [-0.2, -0.15) is 0 Å². The van der Waals surface area contributed by atoms with Crippen LogP contribution in [0.15, 0.2) is 48.7 Å². The number of ether oxygens (including phenoxy) is 1. The largest absolute Gasteiger partial charge is 0.493 e. The summed E-state index contributed by atoms with van der Waals surface area (Å²) in [7, 11) is 0. The third kappa shape index (κ3) is 5.02. The Hall–Kier alpha value is -1.87. The summed E-state index contributed by atoms with van der Waals surface area (Å²) >= 11 is 0. The van der Waals surface area contributed by atoms with Crippen LogP contribution in [0.3, 0.4) is 0 Å². The van der Waals surface area contributed by atoms with Gasteiger partial charge in [0.15, 0.2) is 0 Å². The van der Waals surface area contributed by atoms with Gasteiger partial charge in [-0.1, -0.05) is 37.3 Å². The maximum atomic E-state index is 5.78. The topological polar surface area (TPSA) is 34.1 Å². The summed E-state index contributed by atoms with van der Waals surface area (Å²) in [5.41, 5.74) is 2.38. The molecule has 1 N–H and O–H groups in total. The molecule has 0 aliphatic rings. The molecule has 3 nitrogen and oxygen atoms in total. The summed E-state index contributed by atoms with van der Waals surface area (Å²) in [6.07, 6.45) is 3.88. The first-order valence-electron chi connectivity index (χ1n) is 7.21. The summed E-state index contributed by atoms with van der Waals surface area (Å²) < 4.78 is 5.78. The van der Waals surface area contributed by atoms with Crippen molar-refractivity contribution in [2.24, 2.45) is 0 Å². The Labute approximate surface area is 121 Å². The number of benzene rings is 1. The van der Waals surface area contributed by atoms with Crippen molar-refractivity contribution in [1.29, 1.82) is 0 Å². The molecule has 3 heteroatoms. The normalized spacial score (nSPS) is 10.4. The van der Waals surface area contributed by atoms with Gasteiger partial charge >= 0.3 is 0 Å². The average Bonchev–Trinajstić information content (AvgIpc) is 2.51. The first-order valence-corrected chi connectivity index (χ1v) is 7.21. The molecule has 0 fully saturated rings. The molecule has 1 aromatic heterocycles. The quantitative estimate of drug-likeness (QED) is 0.748. The minimum atomic E-state index is 0.736. The van der Waals surface area contributed by atoms with Gasteiger partial charge in [0.2, 0.25) is 0 Å². The number of nitrogens with one attached hydrogen (secondary N) is 1. The predicted octanol–water partition coefficient (Wildman–Crippen LogP) is 3.20. The van der Waals surface area contributed by atoms with E-state index < -0.39 is 0 Å². The number of aryl methyl sites for hydroxylation is 1. The fourth-order valence-electron chi connectivity index (χ4n) is 2.01. The molecule has 0 saturated heterocycles. The van der Waals surface area contributed by atoms with E-state index in [-0.39, 0.29) is 0 Å². The van der Waals surface area contributed by atoms with Gasteiger partial charge in [0, 0.05) is 18.8 Å². The lowest BCUT2D eigenvalue weighted by molar-refractivity contribution is 0.310. The third-order valence-corrected chi connectivity index (χ3v) is 3.07. The van der Waals surface area contributed by atoms with Crippen molar-refractivity contribution in [3.63, 3.8) is 0 Å². The second-order valence-electron chi connectivity index (χ2n) is 4.70. The molecule has 20 heavy (non-hydrogen) atoms. The van der Waals surface area contributed by atoms with Gasteiger partial charge in [-0.15, -0.1) is 0 Å². The van der Waals surface area contributed by atoms with Crippen LogP contribution in [0, 0.1) is 0 Å². The van der Waals surface area contributed by atoms with Crippen LogP contribution in [0.25, 0.3) is 0 Å². The van der Waals surface area contributed by atoms with E-state index in [4.69, 9.17) is 4.74 Å². The van der Waals surface area contributed by atoms with Crippen molar-refractivity contribution >= 4 is 0 Å². The van der Waals surface area contributed by atoms with Crippen LogP contribution >= 0.6 is 0 Å². The van der Waals surface area contributed by atoms with Gasteiger partial charge in [0.1, 0.15) is 5.75 Å². The molecule has 0 spiro atoms. The van der Waals surface area contributed by atoms with E-state index in [9.17, 15) is 0 Å². The van der Waals surface area contributed by atoms with E-state index in [1.54, 1.807) is 6.20 Å². The lowest BCUT2D eigenvalue weighted by Crippen LogP contribution is -2.12. The van der Waals surface area contributed by atoms with Crippen molar-refractivity contribution in [3.05, 3.63) is 59.9 Å². The highest BCUT2D eigenvalue weighted by Crippen LogP contribution is 2.12. The number of pyridine rings is 1. The average molecular weight is 270 g/mol. The Kier molecular flexibility index (Phi) is 6.06. The van der Waals surface area contributed by atoms with Gasteiger partial charge < -0.3 is 10.1 Å². The first-order chi connectivity index (χ1) is 9.88. The van der Waals surface area contributed by atoms with Crippen LogP contribution in [0.1, 0.15) is 24.6 Å². The first kappa shape index (κ1) is 14.5. The highest BCUT2D eigenvalue weighted by molar-refractivity contribution is 5.22. The van der Waals surface area contributed by atoms with E-state index in [0.717, 1.165) is 44.0 Å². The highest BCUT2D eigenvalue weighted by Gasteiger charge is 1.98. The lowest BCUT2D eigenvalue weighted by Gasteiger charge is -2.08. The third-order valence-electron chi connectivity index (χ3n) is 3.07. The smallest absolute Gasteiger partial charge is 0.122 e. The molecule has 0 atom stereocenters. The van der Waals surface area contributed by atoms with Gasteiger partial charge in [-0.05, 0) is 31.0 Å². The fraction of sp³-hybridized carbons (Fsp3) is 0.353. The Morgan fingerprint density at radius 2 is 2.00 bits per heavy atom. The Morgan fingerprint density at radius 3 is 2.80 bits per heavy atom. The molecule has 0 bridgehead atoms. The molecular formula is C17H22N2O. The second kappa shape index (κ2) is 8.33. The van der Waals surface area contributed by atoms with Crippen molar-refractivity contribution in [3.8, 4) is 5.75 Å². The maximum Gasteiger partial charge on any atom is 0.122 e. The summed E-state index contributed by atoms with van der Waals surface area (Å²) in [6, 6.07) is 14.4. The number of hydrogen-bond acceptors (Lipinski definition) is 3. The molecule has 2 rings (SSSR count). The zero-order valence-corrected chi connectivity index (χ0v) is 12.0. The van der Waals surface area contributed by atoms with Crippen LogP contribution in [-0.2, 0) is 13.0 Å². The SMILES string of the molecule is CCNCc1cc(OCCCc2ccccc2)ccn1. The van der Waals surface area contributed by atoms with Crippen molar-refractivity contribution in [2.75, 3.05) is 13.2 Å². The highest BCUT2D eigenvalue weighted by atomic mass is 16.5. The summed E-state index contributed by atoms with van der Waals surface area (Å²) in [5.74, 6) is 0.904. The van der Waals surface area contributed by atoms with Crippen LogP contribution in [0.2, 0.25) is 0 Å². The molecule has 0 saturated carbocycles. The molecule has 0 unspecified atom stereocenters. The van der Waals surface area contributed by atoms with Crippen LogP contribution in [0.5, 0.6) is 5.75 Å². The van der Waals surface area contributed by atoms with Gasteiger partial charge in [0.25, 0.3) is 0 Å². The van der Waals surface area contributed by atoms with Crippen molar-refractivity contribution in [2.45, 2.75) is 26.3 Å². The monoisotopic (exact) mass is 270 g/mol. The van der Waals surface area contributed by atoms with E-state index >= 15 is 0 Å². The van der Waals surface area contributed by atoms with Crippen LogP contribution in [0.4, 0.5) is 0 Å². The predicted molar refractivity (Wildman–Crippen MR) is 81.9 cm³/mol. The molecule has 0 amide bonds. The maximum absolute atomic E-state index is 5.78. The van der Waals surface area contributed by atoms with E-state index in [1.165, 1.54) is 5.56 Å². The van der Waals surface area contributed by atoms with Gasteiger partial charge in [-0.25, -0.2) is 0 Å². The molecule has 106 valence electrons. The zero-order chi connectivity index (χ0) is 14.0. The second-order valence-corrected chi connectivity index (χ2v) is 4.70. The molecule has 0 aliphatic heterocycles. The number of aromatic nitrogens is 1. The van der Waals surface area contributed by atoms with Gasteiger partial charge in [-0.3, -0.25) is 4.98 Å². The summed E-state index contributed by atoms with van der Waals surface area (Å²) in [5, 5.41) is 3.26. The molecule has 0 aliphatic carbocycles. The Bertz CT molecular complexity index is 499. The molecule has 1 heterocycles. The summed E-state index contributed by atoms with van der Waals surface area (Å²) in [6.45, 7) is 4.56. The molecule has 2 aromatic rings. The number of hydrogen-bond donors (Lipinski definition) is 1. The number of rotatable bonds is 8. The lowest BCUT2D eigenvalue weighted by atomic mass is 10.1. The number of nitrogens with zero attached hydrogens (tertiary/aromatic N) is 1. The zero-order valence-electron chi connectivity index (χ0n) is 12.0. The minimum absolute atomic E-state index is 0.736. The van der Waals surface area contributed by atoms with Crippen LogP contribution < -0.4 is 10.1 Å². The molecule has 1 aromatic carbocycles. The van der Waals surface area contributed by atoms with Crippen LogP contribution in [-0.4, -0.2) is 18.1 Å². The van der Waals surface area contributed by atoms with E-state index in [1.807, 2.05) is 18.2 Å². The standard InChI is InChI=1S/C17H22N2O/c1-2-18-14-16-13-17(10-11-19-16)20-12-6-9-15-7-4-3-5-8-15/h3-5,7-8,10-11,13,18H,2,6,9,12,14H2,1H3. The molecule has 0 radical (unpaired) electrons.